The predicted octanol–water partition coefficient (Wildman–Crippen LogP) is 5.64. The van der Waals surface area contributed by atoms with Gasteiger partial charge in [0, 0.05) is 37.0 Å². The fourth-order valence-corrected chi connectivity index (χ4v) is 6.19. The molecule has 2 bridgehead atoms. The van der Waals surface area contributed by atoms with Gasteiger partial charge in [-0.1, -0.05) is 13.8 Å². The maximum Gasteiger partial charge on any atom is 0.308 e. The van der Waals surface area contributed by atoms with Crippen LogP contribution < -0.4 is 10.9 Å². The molecule has 1 amide bonds. The van der Waals surface area contributed by atoms with Gasteiger partial charge in [-0.2, -0.15) is 0 Å². The van der Waals surface area contributed by atoms with E-state index in [9.17, 15) is 27.6 Å². The van der Waals surface area contributed by atoms with Crippen LogP contribution in [-0.2, 0) is 27.4 Å². The number of esters is 1. The van der Waals surface area contributed by atoms with Crippen LogP contribution in [0.15, 0.2) is 41.3 Å². The highest BCUT2D eigenvalue weighted by molar-refractivity contribution is 5.82. The first-order chi connectivity index (χ1) is 21.3. The molecule has 1 saturated heterocycles. The third kappa shape index (κ3) is 7.13. The van der Waals surface area contributed by atoms with Crippen molar-refractivity contribution in [3.8, 4) is 11.1 Å². The standard InChI is InChI=1S/C34H37F4N3O4/c1-18(2)7-29(41-14-21(10-27(37)34(41)44)5-6-40-15-25(36)16-40)33(43)39-28-13-30(42)45-17-23-11-24(35)9-19(3)31(23)22-8-20(4)32(38)26(28)12-22/h8-12,14,18,25,28-29H,5-7,13,15-17H2,1-4H3,(H,39,43). The predicted molar refractivity (Wildman–Crippen MR) is 161 cm³/mol. The molecule has 0 spiro atoms. The van der Waals surface area contributed by atoms with E-state index in [2.05, 4.69) is 5.32 Å². The van der Waals surface area contributed by atoms with Crippen LogP contribution >= 0.6 is 0 Å². The molecule has 11 heteroatoms. The number of carbonyl (C=O) groups is 2. The number of carbonyl (C=O) groups excluding carboxylic acids is 2. The molecule has 0 aliphatic carbocycles. The van der Waals surface area contributed by atoms with Gasteiger partial charge in [-0.15, -0.1) is 0 Å². The zero-order valence-electron chi connectivity index (χ0n) is 25.8. The monoisotopic (exact) mass is 627 g/mol. The second-order valence-electron chi connectivity index (χ2n) is 12.5. The van der Waals surface area contributed by atoms with E-state index in [1.807, 2.05) is 18.7 Å². The van der Waals surface area contributed by atoms with Crippen LogP contribution in [0.5, 0.6) is 0 Å². The lowest BCUT2D eigenvalue weighted by Gasteiger charge is -2.34. The average molecular weight is 628 g/mol. The number of aromatic nitrogens is 1. The Kier molecular flexibility index (Phi) is 9.48. The molecule has 0 saturated carbocycles. The Morgan fingerprint density at radius 1 is 1.04 bits per heavy atom. The Balaban J connectivity index is 1.51. The summed E-state index contributed by atoms with van der Waals surface area (Å²) in [6, 6.07) is 4.55. The third-order valence-corrected chi connectivity index (χ3v) is 8.42. The van der Waals surface area contributed by atoms with Crippen LogP contribution in [0.3, 0.4) is 0 Å². The molecule has 45 heavy (non-hydrogen) atoms. The summed E-state index contributed by atoms with van der Waals surface area (Å²) in [4.78, 5) is 41.8. The molecule has 2 unspecified atom stereocenters. The molecule has 7 nitrogen and oxygen atoms in total. The van der Waals surface area contributed by atoms with Crippen molar-refractivity contribution in [1.82, 2.24) is 14.8 Å². The Morgan fingerprint density at radius 3 is 2.47 bits per heavy atom. The van der Waals surface area contributed by atoms with Crippen molar-refractivity contribution in [3.05, 3.63) is 92.2 Å². The molecule has 1 N–H and O–H groups in total. The van der Waals surface area contributed by atoms with E-state index in [1.54, 1.807) is 19.9 Å². The minimum atomic E-state index is -1.18. The molecular weight excluding hydrogens is 590 g/mol. The summed E-state index contributed by atoms with van der Waals surface area (Å²) < 4.78 is 64.7. The summed E-state index contributed by atoms with van der Waals surface area (Å²) in [5.41, 5.74) is 1.93. The Labute approximate surface area is 259 Å². The van der Waals surface area contributed by atoms with Gasteiger partial charge in [0.05, 0.1) is 12.5 Å². The van der Waals surface area contributed by atoms with Crippen molar-refractivity contribution in [2.24, 2.45) is 5.92 Å². The average Bonchev–Trinajstić information content (AvgIpc) is 2.94. The number of aryl methyl sites for hydroxylation is 2. The molecule has 0 radical (unpaired) electrons. The van der Waals surface area contributed by atoms with Gasteiger partial charge in [0.15, 0.2) is 5.82 Å². The van der Waals surface area contributed by atoms with Gasteiger partial charge in [-0.25, -0.2) is 17.6 Å². The molecule has 2 aromatic carbocycles. The number of nitrogens with one attached hydrogen (secondary N) is 1. The van der Waals surface area contributed by atoms with Gasteiger partial charge in [0.1, 0.15) is 30.5 Å². The molecule has 2 aliphatic heterocycles. The highest BCUT2D eigenvalue weighted by Gasteiger charge is 2.31. The fourth-order valence-electron chi connectivity index (χ4n) is 6.19. The number of hydrogen-bond donors (Lipinski definition) is 1. The minimum absolute atomic E-state index is 0.0307. The van der Waals surface area contributed by atoms with Crippen LogP contribution in [0, 0.1) is 37.2 Å². The number of ether oxygens (including phenoxy) is 1. The molecule has 5 rings (SSSR count). The van der Waals surface area contributed by atoms with E-state index in [0.717, 1.165) is 10.6 Å². The number of likely N-dealkylation sites (tertiary alicyclic amines) is 1. The van der Waals surface area contributed by atoms with E-state index in [0.29, 0.717) is 53.9 Å². The summed E-state index contributed by atoms with van der Waals surface area (Å²) in [6.07, 6.45) is 0.622. The molecule has 1 fully saturated rings. The van der Waals surface area contributed by atoms with E-state index in [1.165, 1.54) is 24.4 Å². The number of halogens is 4. The molecule has 2 atom stereocenters. The Bertz CT molecular complexity index is 1680. The molecule has 1 aromatic heterocycles. The lowest BCUT2D eigenvalue weighted by Crippen LogP contribution is -2.49. The quantitative estimate of drug-likeness (QED) is 0.259. The number of nitrogens with zero attached hydrogens (tertiary/aromatic N) is 2. The molecule has 3 aromatic rings. The van der Waals surface area contributed by atoms with Crippen LogP contribution in [0.25, 0.3) is 11.1 Å². The number of cyclic esters (lactones) is 1. The first-order valence-electron chi connectivity index (χ1n) is 15.1. The number of pyridine rings is 1. The smallest absolute Gasteiger partial charge is 0.308 e. The van der Waals surface area contributed by atoms with E-state index in [4.69, 9.17) is 4.74 Å². The fraction of sp³-hybridized carbons (Fsp3) is 0.441. The summed E-state index contributed by atoms with van der Waals surface area (Å²) >= 11 is 0. The number of amides is 1. The van der Waals surface area contributed by atoms with Gasteiger partial charge in [-0.05, 0) is 90.8 Å². The zero-order valence-corrected chi connectivity index (χ0v) is 25.8. The Morgan fingerprint density at radius 2 is 1.78 bits per heavy atom. The summed E-state index contributed by atoms with van der Waals surface area (Å²) in [5, 5.41) is 2.76. The number of hydrogen-bond acceptors (Lipinski definition) is 5. The van der Waals surface area contributed by atoms with Crippen LogP contribution in [0.4, 0.5) is 17.6 Å². The first-order valence-corrected chi connectivity index (χ1v) is 15.1. The highest BCUT2D eigenvalue weighted by Crippen LogP contribution is 2.36. The van der Waals surface area contributed by atoms with Crippen LogP contribution in [-0.4, -0.2) is 47.1 Å². The largest absolute Gasteiger partial charge is 0.461 e. The zero-order chi connectivity index (χ0) is 32.6. The van der Waals surface area contributed by atoms with Crippen molar-refractivity contribution < 1.29 is 31.9 Å². The van der Waals surface area contributed by atoms with Gasteiger partial charge < -0.3 is 14.6 Å². The molecule has 3 heterocycles. The maximum atomic E-state index is 15.7. The van der Waals surface area contributed by atoms with Gasteiger partial charge in [0.2, 0.25) is 5.91 Å². The second kappa shape index (κ2) is 13.2. The topological polar surface area (TPSA) is 80.6 Å². The third-order valence-electron chi connectivity index (χ3n) is 8.42. The number of rotatable bonds is 8. The molecule has 240 valence electrons. The van der Waals surface area contributed by atoms with Gasteiger partial charge in [-0.3, -0.25) is 19.3 Å². The van der Waals surface area contributed by atoms with E-state index >= 15 is 4.39 Å². The molecular formula is C34H37F4N3O4. The highest BCUT2D eigenvalue weighted by atomic mass is 19.1. The lowest BCUT2D eigenvalue weighted by atomic mass is 9.89. The van der Waals surface area contributed by atoms with E-state index < -0.39 is 59.6 Å². The number of benzene rings is 2. The summed E-state index contributed by atoms with van der Waals surface area (Å²) in [7, 11) is 0. The Hall–Kier alpha value is -3.99. The van der Waals surface area contributed by atoms with Gasteiger partial charge >= 0.3 is 5.97 Å². The first kappa shape index (κ1) is 32.4. The normalized spacial score (nSPS) is 17.8. The van der Waals surface area contributed by atoms with Crippen molar-refractivity contribution >= 4 is 11.9 Å². The van der Waals surface area contributed by atoms with Crippen molar-refractivity contribution in [1.29, 1.82) is 0 Å². The summed E-state index contributed by atoms with van der Waals surface area (Å²) in [6.45, 7) is 7.79. The maximum absolute atomic E-state index is 15.7. The minimum Gasteiger partial charge on any atom is -0.461 e. The van der Waals surface area contributed by atoms with E-state index in [-0.39, 0.29) is 30.1 Å². The number of fused-ring (bicyclic) bond motifs is 4. The SMILES string of the molecule is Cc1cc2cc(c1F)C(NC(=O)C(CC(C)C)n1cc(CCN3CC(F)C3)cc(F)c1=O)CC(=O)OCc1cc(F)cc(C)c1-2. The van der Waals surface area contributed by atoms with Gasteiger partial charge in [0.25, 0.3) is 5.56 Å². The number of alkyl halides is 1. The molecule has 2 aliphatic rings. The van der Waals surface area contributed by atoms with Crippen molar-refractivity contribution in [2.75, 3.05) is 19.6 Å². The second-order valence-corrected chi connectivity index (χ2v) is 12.5. The lowest BCUT2D eigenvalue weighted by molar-refractivity contribution is -0.145. The van der Waals surface area contributed by atoms with Crippen molar-refractivity contribution in [2.45, 2.75) is 71.8 Å². The summed E-state index contributed by atoms with van der Waals surface area (Å²) in [5.74, 6) is -3.69. The van der Waals surface area contributed by atoms with Crippen LogP contribution in [0.1, 0.15) is 66.6 Å². The van der Waals surface area contributed by atoms with Crippen LogP contribution in [0.2, 0.25) is 0 Å². The van der Waals surface area contributed by atoms with Crippen molar-refractivity contribution in [3.63, 3.8) is 0 Å².